The molecule has 0 bridgehead atoms. The molecular weight excluding hydrogens is 594 g/mol. The van der Waals surface area contributed by atoms with Crippen LogP contribution in [0.25, 0.3) is 0 Å². The minimum absolute atomic E-state index is 0.162. The van der Waals surface area contributed by atoms with E-state index in [0.29, 0.717) is 28.3 Å². The fourth-order valence-corrected chi connectivity index (χ4v) is 7.43. The molecule has 1 spiro atoms. The zero-order valence-corrected chi connectivity index (χ0v) is 26.7. The normalized spacial score (nSPS) is 21.9. The SMILES string of the molecule is C[C@H]1[C@H](C(C)(C)O)[C@@H](CCO)O[C@]12C(=O)N(Cc1ccc(N(C=O)c3ccccc3)cc1)c1ccc(N(C=O)c3ccccc3)cc12. The number of hydrogen-bond acceptors (Lipinski definition) is 6. The number of hydrogen-bond donors (Lipinski definition) is 2. The highest BCUT2D eigenvalue weighted by Gasteiger charge is 2.65. The van der Waals surface area contributed by atoms with Gasteiger partial charge in [-0.1, -0.05) is 55.5 Å². The lowest BCUT2D eigenvalue weighted by Crippen LogP contribution is -2.46. The van der Waals surface area contributed by atoms with Crippen LogP contribution < -0.4 is 14.7 Å². The number of aliphatic hydroxyl groups is 2. The van der Waals surface area contributed by atoms with Gasteiger partial charge in [0.2, 0.25) is 12.8 Å². The summed E-state index contributed by atoms with van der Waals surface area (Å²) in [5.41, 5.74) is 2.10. The average Bonchev–Trinajstić information content (AvgIpc) is 3.50. The summed E-state index contributed by atoms with van der Waals surface area (Å²) < 4.78 is 6.73. The van der Waals surface area contributed by atoms with E-state index in [-0.39, 0.29) is 25.5 Å². The molecule has 0 aromatic heterocycles. The third-order valence-corrected chi connectivity index (χ3v) is 9.49. The molecule has 4 aromatic carbocycles. The Morgan fingerprint density at radius 2 is 1.36 bits per heavy atom. The zero-order valence-electron chi connectivity index (χ0n) is 26.7. The molecule has 3 amide bonds. The first-order valence-electron chi connectivity index (χ1n) is 15.8. The predicted octanol–water partition coefficient (Wildman–Crippen LogP) is 5.82. The number of amides is 3. The van der Waals surface area contributed by atoms with Crippen LogP contribution in [0.1, 0.15) is 38.3 Å². The topological polar surface area (TPSA) is 111 Å². The largest absolute Gasteiger partial charge is 0.396 e. The summed E-state index contributed by atoms with van der Waals surface area (Å²) in [6.45, 7) is 5.39. The third-order valence-electron chi connectivity index (χ3n) is 9.49. The van der Waals surface area contributed by atoms with Crippen molar-refractivity contribution in [3.63, 3.8) is 0 Å². The maximum absolute atomic E-state index is 14.8. The Hall–Kier alpha value is -4.83. The zero-order chi connectivity index (χ0) is 33.3. The number of carbonyl (C=O) groups excluding carboxylic acids is 3. The lowest BCUT2D eigenvalue weighted by Gasteiger charge is -2.34. The van der Waals surface area contributed by atoms with Gasteiger partial charge >= 0.3 is 0 Å². The molecule has 6 rings (SSSR count). The highest BCUT2D eigenvalue weighted by atomic mass is 16.5. The van der Waals surface area contributed by atoms with Gasteiger partial charge in [0.15, 0.2) is 5.60 Å². The van der Waals surface area contributed by atoms with Crippen LogP contribution in [0.3, 0.4) is 0 Å². The number of ether oxygens (including phenoxy) is 1. The van der Waals surface area contributed by atoms with E-state index in [1.54, 1.807) is 23.6 Å². The highest BCUT2D eigenvalue weighted by Crippen LogP contribution is 2.58. The van der Waals surface area contributed by atoms with Gasteiger partial charge in [0, 0.05) is 46.8 Å². The van der Waals surface area contributed by atoms with Crippen LogP contribution in [0.2, 0.25) is 0 Å². The molecule has 0 aliphatic carbocycles. The van der Waals surface area contributed by atoms with E-state index in [2.05, 4.69) is 0 Å². The predicted molar refractivity (Wildman–Crippen MR) is 181 cm³/mol. The number of rotatable bonds is 11. The average molecular weight is 634 g/mol. The standard InChI is InChI=1S/C38H39N3O6/c1-26-35(37(2,3)46)34(20-21-42)47-38(26)32-22-31(41(25-44)29-12-8-5-9-13-29)18-19-33(32)39(36(38)45)23-27-14-16-30(17-15-27)40(24-43)28-10-6-4-7-11-28/h4-19,22,24-26,34-35,42,46H,20-21,23H2,1-3H3/t26-,34+,35-,38+/m0/s1. The molecule has 242 valence electrons. The second-order valence-electron chi connectivity index (χ2n) is 12.8. The van der Waals surface area contributed by atoms with Crippen LogP contribution in [0.15, 0.2) is 103 Å². The van der Waals surface area contributed by atoms with Gasteiger partial charge in [0.05, 0.1) is 23.9 Å². The molecule has 4 atom stereocenters. The number of carbonyl (C=O) groups is 3. The summed E-state index contributed by atoms with van der Waals surface area (Å²) in [7, 11) is 0. The van der Waals surface area contributed by atoms with Crippen LogP contribution in [0.5, 0.6) is 0 Å². The molecule has 0 saturated carbocycles. The van der Waals surface area contributed by atoms with Crippen molar-refractivity contribution >= 4 is 47.2 Å². The van der Waals surface area contributed by atoms with Crippen molar-refractivity contribution in [1.82, 2.24) is 0 Å². The molecule has 0 unspecified atom stereocenters. The minimum atomic E-state index is -1.46. The molecule has 9 heteroatoms. The van der Waals surface area contributed by atoms with Gasteiger partial charge in [-0.15, -0.1) is 0 Å². The Balaban J connectivity index is 1.42. The van der Waals surface area contributed by atoms with Gasteiger partial charge in [0.25, 0.3) is 5.91 Å². The number of aliphatic hydroxyl groups excluding tert-OH is 1. The lowest BCUT2D eigenvalue weighted by atomic mass is 9.71. The Labute approximate surface area is 274 Å². The van der Waals surface area contributed by atoms with Crippen molar-refractivity contribution < 1.29 is 29.3 Å². The van der Waals surface area contributed by atoms with Crippen molar-refractivity contribution in [2.24, 2.45) is 11.8 Å². The number of para-hydroxylation sites is 2. The van der Waals surface area contributed by atoms with Crippen molar-refractivity contribution in [1.29, 1.82) is 0 Å². The maximum atomic E-state index is 14.8. The first kappa shape index (κ1) is 32.1. The summed E-state index contributed by atoms with van der Waals surface area (Å²) in [4.78, 5) is 43.9. The number of benzene rings is 4. The lowest BCUT2D eigenvalue weighted by molar-refractivity contribution is -0.146. The Bertz CT molecular complexity index is 1740. The van der Waals surface area contributed by atoms with Crippen molar-refractivity contribution in [3.8, 4) is 0 Å². The molecule has 1 saturated heterocycles. The summed E-state index contributed by atoms with van der Waals surface area (Å²) in [6.07, 6.45) is 1.18. The van der Waals surface area contributed by atoms with Gasteiger partial charge in [0.1, 0.15) is 0 Å². The van der Waals surface area contributed by atoms with Gasteiger partial charge in [-0.2, -0.15) is 0 Å². The smallest absolute Gasteiger partial charge is 0.264 e. The second-order valence-corrected chi connectivity index (χ2v) is 12.8. The first-order valence-corrected chi connectivity index (χ1v) is 15.8. The Morgan fingerprint density at radius 1 is 0.830 bits per heavy atom. The highest BCUT2D eigenvalue weighted by molar-refractivity contribution is 6.08. The van der Waals surface area contributed by atoms with Gasteiger partial charge in [-0.05, 0) is 80.4 Å². The number of anilines is 5. The van der Waals surface area contributed by atoms with Crippen LogP contribution in [-0.4, -0.2) is 47.3 Å². The van der Waals surface area contributed by atoms with E-state index in [1.807, 2.05) is 110 Å². The summed E-state index contributed by atoms with van der Waals surface area (Å²) in [5.74, 6) is -1.20. The maximum Gasteiger partial charge on any atom is 0.264 e. The van der Waals surface area contributed by atoms with Gasteiger partial charge < -0.3 is 19.8 Å². The first-order chi connectivity index (χ1) is 22.6. The molecule has 4 aromatic rings. The van der Waals surface area contributed by atoms with E-state index in [1.165, 1.54) is 4.90 Å². The summed E-state index contributed by atoms with van der Waals surface area (Å²) in [5, 5.41) is 21.2. The summed E-state index contributed by atoms with van der Waals surface area (Å²) >= 11 is 0. The molecule has 0 radical (unpaired) electrons. The molecule has 2 N–H and O–H groups in total. The molecular formula is C38H39N3O6. The molecule has 2 aliphatic heterocycles. The monoisotopic (exact) mass is 633 g/mol. The minimum Gasteiger partial charge on any atom is -0.396 e. The van der Waals surface area contributed by atoms with Crippen LogP contribution in [0.4, 0.5) is 28.4 Å². The van der Waals surface area contributed by atoms with Crippen molar-refractivity contribution in [3.05, 3.63) is 114 Å². The van der Waals surface area contributed by atoms with E-state index in [9.17, 15) is 24.6 Å². The van der Waals surface area contributed by atoms with E-state index >= 15 is 0 Å². The van der Waals surface area contributed by atoms with Crippen molar-refractivity contribution in [2.75, 3.05) is 21.3 Å². The Morgan fingerprint density at radius 3 is 1.89 bits per heavy atom. The number of nitrogens with zero attached hydrogens (tertiary/aromatic N) is 3. The fourth-order valence-electron chi connectivity index (χ4n) is 7.43. The molecule has 1 fully saturated rings. The van der Waals surface area contributed by atoms with Gasteiger partial charge in [-0.25, -0.2) is 0 Å². The molecule has 2 heterocycles. The van der Waals surface area contributed by atoms with Crippen molar-refractivity contribution in [2.45, 2.75) is 51.0 Å². The Kier molecular flexibility index (Phi) is 8.72. The molecule has 9 nitrogen and oxygen atoms in total. The van der Waals surface area contributed by atoms with E-state index < -0.39 is 29.1 Å². The van der Waals surface area contributed by atoms with Gasteiger partial charge in [-0.3, -0.25) is 24.2 Å². The second kappa shape index (κ2) is 12.8. The number of fused-ring (bicyclic) bond motifs is 2. The van der Waals surface area contributed by atoms with E-state index in [4.69, 9.17) is 4.74 Å². The molecule has 47 heavy (non-hydrogen) atoms. The van der Waals surface area contributed by atoms with Crippen LogP contribution in [-0.2, 0) is 31.3 Å². The molecule has 2 aliphatic rings. The fraction of sp³-hybridized carbons (Fsp3) is 0.289. The summed E-state index contributed by atoms with van der Waals surface area (Å²) in [6, 6.07) is 31.5. The third kappa shape index (κ3) is 5.60. The quantitative estimate of drug-likeness (QED) is 0.202. The van der Waals surface area contributed by atoms with Crippen LogP contribution in [0, 0.1) is 11.8 Å². The van der Waals surface area contributed by atoms with E-state index in [0.717, 1.165) is 24.1 Å². The van der Waals surface area contributed by atoms with Crippen LogP contribution >= 0.6 is 0 Å².